The van der Waals surface area contributed by atoms with Crippen molar-refractivity contribution >= 4 is 27.4 Å². The number of aryl methyl sites for hydroxylation is 1. The van der Waals surface area contributed by atoms with E-state index >= 15 is 0 Å². The second-order valence-corrected chi connectivity index (χ2v) is 6.38. The summed E-state index contributed by atoms with van der Waals surface area (Å²) in [5, 5.41) is 5.83. The van der Waals surface area contributed by atoms with Crippen molar-refractivity contribution in [3.63, 3.8) is 0 Å². The van der Waals surface area contributed by atoms with Crippen LogP contribution in [0.15, 0.2) is 11.7 Å². The molecule has 3 rings (SSSR count). The molecule has 102 valence electrons. The predicted molar refractivity (Wildman–Crippen MR) is 81.9 cm³/mol. The maximum atomic E-state index is 4.46. The van der Waals surface area contributed by atoms with Crippen molar-refractivity contribution in [2.24, 2.45) is 0 Å². The summed E-state index contributed by atoms with van der Waals surface area (Å²) in [7, 11) is 0. The van der Waals surface area contributed by atoms with Crippen LogP contribution in [0.5, 0.6) is 0 Å². The van der Waals surface area contributed by atoms with Crippen LogP contribution in [0.25, 0.3) is 10.2 Å². The number of thiophene rings is 1. The highest BCUT2D eigenvalue weighted by atomic mass is 32.1. The largest absolute Gasteiger partial charge is 0.366 e. The van der Waals surface area contributed by atoms with Gasteiger partial charge in [-0.25, -0.2) is 9.97 Å². The van der Waals surface area contributed by atoms with E-state index in [9.17, 15) is 0 Å². The molecule has 4 heteroatoms. The lowest BCUT2D eigenvalue weighted by atomic mass is 9.97. The second kappa shape index (κ2) is 5.87. The molecule has 0 radical (unpaired) electrons. The molecule has 0 unspecified atom stereocenters. The summed E-state index contributed by atoms with van der Waals surface area (Å²) in [6, 6.07) is 0.584. The maximum Gasteiger partial charge on any atom is 0.147 e. The molecule has 0 amide bonds. The van der Waals surface area contributed by atoms with Gasteiger partial charge in [0.05, 0.1) is 10.2 Å². The van der Waals surface area contributed by atoms with E-state index in [0.717, 1.165) is 11.3 Å². The summed E-state index contributed by atoms with van der Waals surface area (Å²) >= 11 is 1.75. The minimum absolute atomic E-state index is 0.584. The molecule has 19 heavy (non-hydrogen) atoms. The molecule has 2 aromatic rings. The normalized spacial score (nSPS) is 18.2. The zero-order chi connectivity index (χ0) is 13.1. The highest BCUT2D eigenvalue weighted by Gasteiger charge is 2.14. The third-order valence-electron chi connectivity index (χ3n) is 3.98. The first-order valence-electron chi connectivity index (χ1n) is 7.30. The van der Waals surface area contributed by atoms with Crippen molar-refractivity contribution < 1.29 is 0 Å². The predicted octanol–water partition coefficient (Wildman–Crippen LogP) is 4.52. The van der Waals surface area contributed by atoms with Gasteiger partial charge in [0.1, 0.15) is 12.1 Å². The summed E-state index contributed by atoms with van der Waals surface area (Å²) in [5.74, 6) is 1.04. The molecule has 2 heterocycles. The number of nitrogens with one attached hydrogen (secondary N) is 1. The SMILES string of the molecule is Cc1csc2c(NC3CCCCCCC3)ncnc12. The van der Waals surface area contributed by atoms with Crippen LogP contribution in [0, 0.1) is 6.92 Å². The van der Waals surface area contributed by atoms with Crippen LogP contribution in [0.1, 0.15) is 50.5 Å². The van der Waals surface area contributed by atoms with Gasteiger partial charge in [-0.2, -0.15) is 0 Å². The number of hydrogen-bond acceptors (Lipinski definition) is 4. The van der Waals surface area contributed by atoms with Crippen molar-refractivity contribution in [3.05, 3.63) is 17.3 Å². The summed E-state index contributed by atoms with van der Waals surface area (Å²) in [4.78, 5) is 8.84. The number of aromatic nitrogens is 2. The van der Waals surface area contributed by atoms with Crippen LogP contribution in [-0.2, 0) is 0 Å². The molecule has 1 aliphatic rings. The van der Waals surface area contributed by atoms with E-state index in [2.05, 4.69) is 27.6 Å². The van der Waals surface area contributed by atoms with E-state index in [-0.39, 0.29) is 0 Å². The number of nitrogens with zero attached hydrogens (tertiary/aromatic N) is 2. The van der Waals surface area contributed by atoms with Crippen LogP contribution >= 0.6 is 11.3 Å². The van der Waals surface area contributed by atoms with Gasteiger partial charge in [0.25, 0.3) is 0 Å². The lowest BCUT2D eigenvalue weighted by molar-refractivity contribution is 0.471. The topological polar surface area (TPSA) is 37.8 Å². The van der Waals surface area contributed by atoms with Crippen molar-refractivity contribution in [1.82, 2.24) is 9.97 Å². The quantitative estimate of drug-likeness (QED) is 0.875. The molecule has 0 saturated heterocycles. The van der Waals surface area contributed by atoms with E-state index in [4.69, 9.17) is 0 Å². The Labute approximate surface area is 118 Å². The van der Waals surface area contributed by atoms with Gasteiger partial charge in [-0.15, -0.1) is 11.3 Å². The molecule has 1 fully saturated rings. The molecule has 2 aromatic heterocycles. The van der Waals surface area contributed by atoms with Crippen molar-refractivity contribution in [2.45, 2.75) is 57.9 Å². The van der Waals surface area contributed by atoms with Gasteiger partial charge < -0.3 is 5.32 Å². The fourth-order valence-corrected chi connectivity index (χ4v) is 3.82. The Morgan fingerprint density at radius 1 is 1.11 bits per heavy atom. The van der Waals surface area contributed by atoms with Gasteiger partial charge in [-0.1, -0.05) is 32.1 Å². The van der Waals surface area contributed by atoms with Crippen molar-refractivity contribution in [3.8, 4) is 0 Å². The molecule has 1 aliphatic carbocycles. The zero-order valence-electron chi connectivity index (χ0n) is 11.5. The molecule has 1 N–H and O–H groups in total. The van der Waals surface area contributed by atoms with E-state index in [1.165, 1.54) is 55.2 Å². The van der Waals surface area contributed by atoms with Gasteiger partial charge in [0.2, 0.25) is 0 Å². The van der Waals surface area contributed by atoms with Gasteiger partial charge >= 0.3 is 0 Å². The molecule has 0 spiro atoms. The Morgan fingerprint density at radius 3 is 2.63 bits per heavy atom. The van der Waals surface area contributed by atoms with Crippen molar-refractivity contribution in [1.29, 1.82) is 0 Å². The summed E-state index contributed by atoms with van der Waals surface area (Å²) in [5.41, 5.74) is 2.36. The van der Waals surface area contributed by atoms with Gasteiger partial charge in [-0.05, 0) is 30.7 Å². The fourth-order valence-electron chi connectivity index (χ4n) is 2.87. The minimum atomic E-state index is 0.584. The van der Waals surface area contributed by atoms with Gasteiger partial charge in [0, 0.05) is 6.04 Å². The van der Waals surface area contributed by atoms with E-state index in [1.54, 1.807) is 17.7 Å². The Balaban J connectivity index is 1.80. The number of fused-ring (bicyclic) bond motifs is 1. The summed E-state index contributed by atoms with van der Waals surface area (Å²) in [6.07, 6.45) is 11.1. The average molecular weight is 275 g/mol. The molecule has 0 bridgehead atoms. The standard InChI is InChI=1S/C15H21N3S/c1-11-9-19-14-13(11)16-10-17-15(14)18-12-7-5-3-2-4-6-8-12/h9-10,12H,2-8H2,1H3,(H,16,17,18). The van der Waals surface area contributed by atoms with Gasteiger partial charge in [0.15, 0.2) is 0 Å². The first-order chi connectivity index (χ1) is 9.34. The molecule has 1 saturated carbocycles. The minimum Gasteiger partial charge on any atom is -0.366 e. The first-order valence-corrected chi connectivity index (χ1v) is 8.18. The van der Waals surface area contributed by atoms with E-state index in [1.807, 2.05) is 0 Å². The Kier molecular flexibility index (Phi) is 3.97. The lowest BCUT2D eigenvalue weighted by Gasteiger charge is -2.21. The highest BCUT2D eigenvalue weighted by Crippen LogP contribution is 2.30. The summed E-state index contributed by atoms with van der Waals surface area (Å²) in [6.45, 7) is 2.12. The molecule has 3 nitrogen and oxygen atoms in total. The highest BCUT2D eigenvalue weighted by molar-refractivity contribution is 7.18. The Hall–Kier alpha value is -1.16. The molecular formula is C15H21N3S. The Morgan fingerprint density at radius 2 is 1.84 bits per heavy atom. The van der Waals surface area contributed by atoms with E-state index in [0.29, 0.717) is 6.04 Å². The number of anilines is 1. The third-order valence-corrected chi connectivity index (χ3v) is 5.07. The van der Waals surface area contributed by atoms with Crippen LogP contribution < -0.4 is 5.32 Å². The van der Waals surface area contributed by atoms with Gasteiger partial charge in [-0.3, -0.25) is 0 Å². The fraction of sp³-hybridized carbons (Fsp3) is 0.600. The lowest BCUT2D eigenvalue weighted by Crippen LogP contribution is -2.21. The maximum absolute atomic E-state index is 4.46. The zero-order valence-corrected chi connectivity index (χ0v) is 12.3. The van der Waals surface area contributed by atoms with Crippen LogP contribution in [0.4, 0.5) is 5.82 Å². The molecule has 0 aromatic carbocycles. The first kappa shape index (κ1) is 12.9. The van der Waals surface area contributed by atoms with Crippen molar-refractivity contribution in [2.75, 3.05) is 5.32 Å². The van der Waals surface area contributed by atoms with Crippen LogP contribution in [0.3, 0.4) is 0 Å². The summed E-state index contributed by atoms with van der Waals surface area (Å²) < 4.78 is 1.21. The van der Waals surface area contributed by atoms with Crippen LogP contribution in [0.2, 0.25) is 0 Å². The molecule has 0 aliphatic heterocycles. The number of rotatable bonds is 2. The Bertz CT molecular complexity index is 541. The molecular weight excluding hydrogens is 254 g/mol. The second-order valence-electron chi connectivity index (χ2n) is 5.51. The third kappa shape index (κ3) is 2.89. The smallest absolute Gasteiger partial charge is 0.147 e. The average Bonchev–Trinajstić information content (AvgIpc) is 2.76. The van der Waals surface area contributed by atoms with Crippen LogP contribution in [-0.4, -0.2) is 16.0 Å². The van der Waals surface area contributed by atoms with E-state index < -0.39 is 0 Å². The molecule has 0 atom stereocenters. The monoisotopic (exact) mass is 275 g/mol. The number of hydrogen-bond donors (Lipinski definition) is 1.